The molecule has 1 aromatic carbocycles. The Morgan fingerprint density at radius 3 is 2.60 bits per heavy atom. The summed E-state index contributed by atoms with van der Waals surface area (Å²) in [6.45, 7) is 0. The molecule has 0 saturated carbocycles. The Bertz CT molecular complexity index is 458. The molecular weight excluding hydrogens is 369 g/mol. The molecular formula is C10H7BrIN3. The van der Waals surface area contributed by atoms with Crippen LogP contribution in [0.4, 0.5) is 11.5 Å². The summed E-state index contributed by atoms with van der Waals surface area (Å²) in [6.07, 6.45) is 3.35. The number of para-hydroxylation sites is 1. The molecule has 0 unspecified atom stereocenters. The third kappa shape index (κ3) is 2.88. The first-order chi connectivity index (χ1) is 7.25. The number of aromatic nitrogens is 2. The van der Waals surface area contributed by atoms with Gasteiger partial charge in [-0.2, -0.15) is 0 Å². The van der Waals surface area contributed by atoms with Crippen LogP contribution in [0.25, 0.3) is 0 Å². The summed E-state index contributed by atoms with van der Waals surface area (Å²) in [4.78, 5) is 8.29. The van der Waals surface area contributed by atoms with Crippen molar-refractivity contribution in [3.8, 4) is 0 Å². The van der Waals surface area contributed by atoms with E-state index in [0.29, 0.717) is 0 Å². The number of nitrogens with one attached hydrogen (secondary N) is 1. The summed E-state index contributed by atoms with van der Waals surface area (Å²) < 4.78 is 1.88. The first kappa shape index (κ1) is 10.8. The lowest BCUT2D eigenvalue weighted by Crippen LogP contribution is -1.95. The molecule has 0 spiro atoms. The van der Waals surface area contributed by atoms with Crippen molar-refractivity contribution in [2.45, 2.75) is 0 Å². The highest BCUT2D eigenvalue weighted by atomic mass is 127. The number of hydrogen-bond acceptors (Lipinski definition) is 3. The minimum atomic E-state index is 0.732. The van der Waals surface area contributed by atoms with Crippen LogP contribution in [0.15, 0.2) is 41.3 Å². The lowest BCUT2D eigenvalue weighted by atomic mass is 10.3. The average Bonchev–Trinajstić information content (AvgIpc) is 2.25. The van der Waals surface area contributed by atoms with Gasteiger partial charge in [0, 0.05) is 3.57 Å². The molecule has 0 amide bonds. The molecule has 0 radical (unpaired) electrons. The third-order valence-corrected chi connectivity index (χ3v) is 3.11. The fraction of sp³-hybridized carbons (Fsp3) is 0. The topological polar surface area (TPSA) is 37.8 Å². The zero-order valence-corrected chi connectivity index (χ0v) is 11.4. The molecule has 15 heavy (non-hydrogen) atoms. The molecule has 0 fully saturated rings. The number of benzene rings is 1. The largest absolute Gasteiger partial charge is 0.338 e. The van der Waals surface area contributed by atoms with E-state index in [9.17, 15) is 0 Å². The fourth-order valence-electron chi connectivity index (χ4n) is 1.08. The van der Waals surface area contributed by atoms with Crippen molar-refractivity contribution in [1.29, 1.82) is 0 Å². The summed E-state index contributed by atoms with van der Waals surface area (Å²) in [5.74, 6) is 0.738. The molecule has 0 saturated heterocycles. The smallest absolute Gasteiger partial charge is 0.148 e. The lowest BCUT2D eigenvalue weighted by molar-refractivity contribution is 1.16. The third-order valence-electron chi connectivity index (χ3n) is 1.76. The Kier molecular flexibility index (Phi) is 3.53. The van der Waals surface area contributed by atoms with E-state index >= 15 is 0 Å². The van der Waals surface area contributed by atoms with Gasteiger partial charge in [-0.25, -0.2) is 9.97 Å². The van der Waals surface area contributed by atoms with Gasteiger partial charge in [-0.05, 0) is 50.7 Å². The minimum absolute atomic E-state index is 0.732. The van der Waals surface area contributed by atoms with E-state index in [1.807, 2.05) is 24.3 Å². The van der Waals surface area contributed by atoms with Gasteiger partial charge in [0.2, 0.25) is 0 Å². The Morgan fingerprint density at radius 2 is 1.93 bits per heavy atom. The maximum Gasteiger partial charge on any atom is 0.148 e. The van der Waals surface area contributed by atoms with Crippen molar-refractivity contribution in [3.05, 3.63) is 44.8 Å². The zero-order chi connectivity index (χ0) is 10.7. The molecule has 1 N–H and O–H groups in total. The number of anilines is 2. The highest BCUT2D eigenvalue weighted by Gasteiger charge is 1.99. The predicted molar refractivity (Wildman–Crippen MR) is 72.2 cm³/mol. The Labute approximate surface area is 110 Å². The highest BCUT2D eigenvalue weighted by molar-refractivity contribution is 14.1. The molecule has 1 heterocycles. The Hall–Kier alpha value is -0.690. The molecule has 0 aliphatic carbocycles. The van der Waals surface area contributed by atoms with Gasteiger partial charge in [0.1, 0.15) is 10.4 Å². The summed E-state index contributed by atoms with van der Waals surface area (Å²) in [6, 6.07) is 8.03. The molecule has 76 valence electrons. The lowest BCUT2D eigenvalue weighted by Gasteiger charge is -2.06. The van der Waals surface area contributed by atoms with E-state index in [-0.39, 0.29) is 0 Å². The van der Waals surface area contributed by atoms with E-state index in [1.54, 1.807) is 12.4 Å². The van der Waals surface area contributed by atoms with Crippen molar-refractivity contribution >= 4 is 50.0 Å². The molecule has 2 rings (SSSR count). The summed E-state index contributed by atoms with van der Waals surface area (Å²) in [5.41, 5.74) is 1.04. The van der Waals surface area contributed by atoms with E-state index in [2.05, 4.69) is 53.8 Å². The van der Waals surface area contributed by atoms with Gasteiger partial charge in [-0.3, -0.25) is 0 Å². The van der Waals surface area contributed by atoms with E-state index in [1.165, 1.54) is 0 Å². The van der Waals surface area contributed by atoms with Gasteiger partial charge < -0.3 is 5.32 Å². The van der Waals surface area contributed by atoms with E-state index < -0.39 is 0 Å². The molecule has 2 aromatic rings. The first-order valence-electron chi connectivity index (χ1n) is 4.25. The standard InChI is InChI=1S/C10H7BrIN3/c11-9-5-14-10(6-13-9)15-8-4-2-1-3-7(8)12/h1-6H,(H,14,15). The molecule has 0 aliphatic heterocycles. The number of hydrogen-bond donors (Lipinski definition) is 1. The minimum Gasteiger partial charge on any atom is -0.338 e. The van der Waals surface area contributed by atoms with Gasteiger partial charge in [-0.15, -0.1) is 0 Å². The normalized spacial score (nSPS) is 10.0. The fourth-order valence-corrected chi connectivity index (χ4v) is 1.80. The van der Waals surface area contributed by atoms with Crippen LogP contribution >= 0.6 is 38.5 Å². The van der Waals surface area contributed by atoms with Crippen LogP contribution in [0, 0.1) is 3.57 Å². The molecule has 5 heteroatoms. The van der Waals surface area contributed by atoms with Crippen molar-refractivity contribution in [3.63, 3.8) is 0 Å². The molecule has 0 aliphatic rings. The zero-order valence-electron chi connectivity index (χ0n) is 7.61. The van der Waals surface area contributed by atoms with Gasteiger partial charge in [0.15, 0.2) is 0 Å². The maximum atomic E-state index is 4.19. The van der Waals surface area contributed by atoms with Crippen LogP contribution in [-0.4, -0.2) is 9.97 Å². The van der Waals surface area contributed by atoms with Gasteiger partial charge in [-0.1, -0.05) is 12.1 Å². The average molecular weight is 376 g/mol. The molecule has 0 atom stereocenters. The van der Waals surface area contributed by atoms with Gasteiger partial charge >= 0.3 is 0 Å². The monoisotopic (exact) mass is 375 g/mol. The second-order valence-electron chi connectivity index (χ2n) is 2.83. The Morgan fingerprint density at radius 1 is 1.13 bits per heavy atom. The Balaban J connectivity index is 2.22. The van der Waals surface area contributed by atoms with Crippen molar-refractivity contribution in [2.24, 2.45) is 0 Å². The maximum absolute atomic E-state index is 4.19. The SMILES string of the molecule is Brc1cnc(Nc2ccccc2I)cn1. The van der Waals surface area contributed by atoms with E-state index in [0.717, 1.165) is 19.7 Å². The van der Waals surface area contributed by atoms with Crippen LogP contribution in [0.5, 0.6) is 0 Å². The highest BCUT2D eigenvalue weighted by Crippen LogP contribution is 2.20. The summed E-state index contributed by atoms with van der Waals surface area (Å²) in [7, 11) is 0. The summed E-state index contributed by atoms with van der Waals surface area (Å²) in [5, 5.41) is 3.20. The van der Waals surface area contributed by atoms with Gasteiger partial charge in [0.25, 0.3) is 0 Å². The number of rotatable bonds is 2. The second-order valence-corrected chi connectivity index (χ2v) is 4.80. The van der Waals surface area contributed by atoms with Crippen LogP contribution in [0.3, 0.4) is 0 Å². The number of halogens is 2. The quantitative estimate of drug-likeness (QED) is 0.815. The second kappa shape index (κ2) is 4.89. The molecule has 0 bridgehead atoms. The van der Waals surface area contributed by atoms with E-state index in [4.69, 9.17) is 0 Å². The van der Waals surface area contributed by atoms with Crippen molar-refractivity contribution < 1.29 is 0 Å². The molecule has 1 aromatic heterocycles. The predicted octanol–water partition coefficient (Wildman–Crippen LogP) is 3.59. The molecule has 3 nitrogen and oxygen atoms in total. The van der Waals surface area contributed by atoms with Crippen LogP contribution in [0.2, 0.25) is 0 Å². The first-order valence-corrected chi connectivity index (χ1v) is 6.12. The van der Waals surface area contributed by atoms with Crippen molar-refractivity contribution in [2.75, 3.05) is 5.32 Å². The van der Waals surface area contributed by atoms with Crippen LogP contribution < -0.4 is 5.32 Å². The van der Waals surface area contributed by atoms with Crippen molar-refractivity contribution in [1.82, 2.24) is 9.97 Å². The number of nitrogens with zero attached hydrogens (tertiary/aromatic N) is 2. The summed E-state index contributed by atoms with van der Waals surface area (Å²) >= 11 is 5.52. The van der Waals surface area contributed by atoms with Crippen LogP contribution in [-0.2, 0) is 0 Å². The van der Waals surface area contributed by atoms with Crippen LogP contribution in [0.1, 0.15) is 0 Å². The van der Waals surface area contributed by atoms with Gasteiger partial charge in [0.05, 0.1) is 18.1 Å².